The minimum absolute atomic E-state index is 0.0293. The molecule has 0 heterocycles. The number of aliphatic hydroxyl groups is 1. The Morgan fingerprint density at radius 1 is 0.967 bits per heavy atom. The molecule has 0 fully saturated rings. The third-order valence-electron chi connectivity index (χ3n) is 6.42. The van der Waals surface area contributed by atoms with Crippen molar-refractivity contribution in [3.05, 3.63) is 95.1 Å². The molecule has 3 aromatic rings. The first-order valence-electron chi connectivity index (χ1n) is 10.6. The van der Waals surface area contributed by atoms with Crippen LogP contribution in [0.4, 0.5) is 4.79 Å². The van der Waals surface area contributed by atoms with E-state index < -0.39 is 11.7 Å². The topological polar surface area (TPSA) is 58.6 Å². The van der Waals surface area contributed by atoms with Gasteiger partial charge in [-0.15, -0.1) is 0 Å². The summed E-state index contributed by atoms with van der Waals surface area (Å²) in [5.74, 6) is 0.0293. The first-order valence-corrected chi connectivity index (χ1v) is 10.6. The maximum Gasteiger partial charge on any atom is 0.407 e. The molecule has 3 aromatic carbocycles. The van der Waals surface area contributed by atoms with Crippen LogP contribution in [0.15, 0.2) is 72.8 Å². The van der Waals surface area contributed by atoms with Crippen LogP contribution in [0.3, 0.4) is 0 Å². The molecule has 0 aliphatic heterocycles. The molecule has 0 saturated carbocycles. The van der Waals surface area contributed by atoms with Crippen LogP contribution in [0.5, 0.6) is 0 Å². The summed E-state index contributed by atoms with van der Waals surface area (Å²) in [4.78, 5) is 12.5. The Bertz CT molecular complexity index is 1050. The Labute approximate surface area is 176 Å². The largest absolute Gasteiger partial charge is 0.449 e. The molecule has 5 rings (SSSR count). The van der Waals surface area contributed by atoms with Crippen molar-refractivity contribution in [3.63, 3.8) is 0 Å². The van der Waals surface area contributed by atoms with Crippen LogP contribution in [-0.4, -0.2) is 24.4 Å². The molecule has 2 aliphatic carbocycles. The second-order valence-electron chi connectivity index (χ2n) is 8.22. The maximum absolute atomic E-state index is 12.5. The second kappa shape index (κ2) is 7.62. The van der Waals surface area contributed by atoms with Crippen LogP contribution < -0.4 is 5.32 Å². The number of fused-ring (bicyclic) bond motifs is 4. The minimum Gasteiger partial charge on any atom is -0.449 e. The van der Waals surface area contributed by atoms with Crippen molar-refractivity contribution in [2.75, 3.05) is 13.2 Å². The molecule has 4 nitrogen and oxygen atoms in total. The number of alkyl carbamates (subject to hydrolysis) is 1. The van der Waals surface area contributed by atoms with Crippen molar-refractivity contribution in [2.24, 2.45) is 0 Å². The lowest BCUT2D eigenvalue weighted by molar-refractivity contribution is 0.0181. The first kappa shape index (κ1) is 18.9. The van der Waals surface area contributed by atoms with E-state index in [1.807, 2.05) is 48.5 Å². The maximum atomic E-state index is 12.5. The molecule has 2 aliphatic rings. The number of nitrogens with one attached hydrogen (secondary N) is 1. The Kier molecular flexibility index (Phi) is 4.80. The van der Waals surface area contributed by atoms with Crippen molar-refractivity contribution >= 4 is 6.09 Å². The van der Waals surface area contributed by atoms with Crippen LogP contribution in [0.25, 0.3) is 11.1 Å². The average Bonchev–Trinajstić information content (AvgIpc) is 3.11. The molecule has 1 unspecified atom stereocenters. The number of carbonyl (C=O) groups is 1. The Morgan fingerprint density at radius 2 is 1.60 bits per heavy atom. The van der Waals surface area contributed by atoms with Crippen LogP contribution in [0.1, 0.15) is 41.0 Å². The van der Waals surface area contributed by atoms with E-state index in [1.165, 1.54) is 22.3 Å². The van der Waals surface area contributed by atoms with Gasteiger partial charge in [-0.1, -0.05) is 72.8 Å². The number of aryl methyl sites for hydroxylation is 1. The van der Waals surface area contributed by atoms with E-state index in [9.17, 15) is 9.90 Å². The molecule has 152 valence electrons. The van der Waals surface area contributed by atoms with Gasteiger partial charge >= 0.3 is 6.09 Å². The Balaban J connectivity index is 1.26. The van der Waals surface area contributed by atoms with Gasteiger partial charge in [-0.2, -0.15) is 0 Å². The fraction of sp³-hybridized carbons (Fsp3) is 0.269. The van der Waals surface area contributed by atoms with Crippen LogP contribution >= 0.6 is 0 Å². The second-order valence-corrected chi connectivity index (χ2v) is 8.22. The molecule has 0 spiro atoms. The highest BCUT2D eigenvalue weighted by Gasteiger charge is 2.35. The normalized spacial score (nSPS) is 19.5. The third-order valence-corrected chi connectivity index (χ3v) is 6.42. The van der Waals surface area contributed by atoms with E-state index in [-0.39, 0.29) is 19.1 Å². The highest BCUT2D eigenvalue weighted by Crippen LogP contribution is 2.44. The zero-order valence-electron chi connectivity index (χ0n) is 16.8. The van der Waals surface area contributed by atoms with Crippen molar-refractivity contribution in [1.29, 1.82) is 0 Å². The summed E-state index contributed by atoms with van der Waals surface area (Å²) in [6.07, 6.45) is 2.00. The van der Waals surface area contributed by atoms with E-state index in [4.69, 9.17) is 4.74 Å². The van der Waals surface area contributed by atoms with Crippen molar-refractivity contribution in [3.8, 4) is 11.1 Å². The van der Waals surface area contributed by atoms with Gasteiger partial charge in [-0.05, 0) is 52.6 Å². The molecular weight excluding hydrogens is 374 g/mol. The summed E-state index contributed by atoms with van der Waals surface area (Å²) in [5, 5.41) is 13.9. The van der Waals surface area contributed by atoms with Crippen molar-refractivity contribution in [1.82, 2.24) is 5.32 Å². The Hall–Kier alpha value is -3.11. The van der Waals surface area contributed by atoms with Crippen LogP contribution in [0, 0.1) is 0 Å². The van der Waals surface area contributed by atoms with Gasteiger partial charge in [-0.25, -0.2) is 4.79 Å². The molecule has 0 bridgehead atoms. The smallest absolute Gasteiger partial charge is 0.407 e. The van der Waals surface area contributed by atoms with E-state index in [0.29, 0.717) is 6.42 Å². The molecule has 1 amide bonds. The molecule has 1 atom stereocenters. The molecule has 0 radical (unpaired) electrons. The first-order chi connectivity index (χ1) is 14.7. The van der Waals surface area contributed by atoms with Crippen LogP contribution in [0.2, 0.25) is 0 Å². The van der Waals surface area contributed by atoms with Gasteiger partial charge < -0.3 is 15.2 Å². The van der Waals surface area contributed by atoms with Gasteiger partial charge in [0.15, 0.2) is 0 Å². The van der Waals surface area contributed by atoms with E-state index in [2.05, 4.69) is 29.6 Å². The summed E-state index contributed by atoms with van der Waals surface area (Å²) in [6.45, 7) is 0.426. The molecule has 0 aromatic heterocycles. The fourth-order valence-electron chi connectivity index (χ4n) is 4.95. The molecule has 0 saturated heterocycles. The molecule has 2 N–H and O–H groups in total. The minimum atomic E-state index is -1.04. The highest BCUT2D eigenvalue weighted by atomic mass is 16.5. The van der Waals surface area contributed by atoms with Crippen molar-refractivity contribution < 1.29 is 14.6 Å². The summed E-state index contributed by atoms with van der Waals surface area (Å²) < 4.78 is 5.60. The Morgan fingerprint density at radius 3 is 2.33 bits per heavy atom. The lowest BCUT2D eigenvalue weighted by Gasteiger charge is -2.34. The fourth-order valence-corrected chi connectivity index (χ4v) is 4.95. The number of benzene rings is 3. The van der Waals surface area contributed by atoms with Crippen LogP contribution in [-0.2, 0) is 16.8 Å². The predicted octanol–water partition coefficient (Wildman–Crippen LogP) is 4.75. The van der Waals surface area contributed by atoms with E-state index in [0.717, 1.165) is 24.0 Å². The van der Waals surface area contributed by atoms with Gasteiger partial charge in [0, 0.05) is 5.92 Å². The van der Waals surface area contributed by atoms with Gasteiger partial charge in [0.05, 0.1) is 6.54 Å². The zero-order chi connectivity index (χ0) is 20.6. The average molecular weight is 399 g/mol. The number of carbonyl (C=O) groups excluding carboxylic acids is 1. The van der Waals surface area contributed by atoms with Gasteiger partial charge in [0.25, 0.3) is 0 Å². The third kappa shape index (κ3) is 3.27. The summed E-state index contributed by atoms with van der Waals surface area (Å²) in [5.41, 5.74) is 5.80. The molecule has 4 heteroatoms. The van der Waals surface area contributed by atoms with Gasteiger partial charge in [-0.3, -0.25) is 0 Å². The van der Waals surface area contributed by atoms with Gasteiger partial charge in [0.1, 0.15) is 12.2 Å². The SMILES string of the molecule is O=C(NCC1(O)CCCc2ccccc21)OCC1c2ccccc2-c2ccccc21. The van der Waals surface area contributed by atoms with Crippen molar-refractivity contribution in [2.45, 2.75) is 30.8 Å². The summed E-state index contributed by atoms with van der Waals surface area (Å²) in [7, 11) is 0. The summed E-state index contributed by atoms with van der Waals surface area (Å²) in [6, 6.07) is 24.5. The van der Waals surface area contributed by atoms with E-state index >= 15 is 0 Å². The number of ether oxygens (including phenoxy) is 1. The number of hydrogen-bond donors (Lipinski definition) is 2. The monoisotopic (exact) mass is 399 g/mol. The quantitative estimate of drug-likeness (QED) is 0.666. The molecule has 30 heavy (non-hydrogen) atoms. The lowest BCUT2D eigenvalue weighted by atomic mass is 9.79. The van der Waals surface area contributed by atoms with Gasteiger partial charge in [0.2, 0.25) is 0 Å². The highest BCUT2D eigenvalue weighted by molar-refractivity contribution is 5.79. The predicted molar refractivity (Wildman–Crippen MR) is 116 cm³/mol. The summed E-state index contributed by atoms with van der Waals surface area (Å²) >= 11 is 0. The molecular formula is C26H25NO3. The number of rotatable bonds is 4. The standard InChI is InChI=1S/C26H25NO3/c28-25(27-17-26(29)15-7-9-18-8-1-6-14-24(18)26)30-16-23-21-12-4-2-10-19(21)20-11-3-5-13-22(20)23/h1-6,8,10-14,23,29H,7,9,15-17H2,(H,27,28). The number of amides is 1. The number of hydrogen-bond acceptors (Lipinski definition) is 3. The lowest BCUT2D eigenvalue weighted by Crippen LogP contribution is -2.43. The van der Waals surface area contributed by atoms with E-state index in [1.54, 1.807) is 0 Å². The zero-order valence-corrected chi connectivity index (χ0v) is 16.8.